The first-order valence-corrected chi connectivity index (χ1v) is 11.5. The molecule has 188 valence electrons. The summed E-state index contributed by atoms with van der Waals surface area (Å²) in [4.78, 5) is 46.4. The summed E-state index contributed by atoms with van der Waals surface area (Å²) in [5, 5.41) is 10.9. The largest absolute Gasteiger partial charge is 0.469 e. The lowest BCUT2D eigenvalue weighted by molar-refractivity contribution is -0.158. The maximum atomic E-state index is 12.5. The van der Waals surface area contributed by atoms with Gasteiger partial charge in [0.2, 0.25) is 0 Å². The molecule has 3 rings (SSSR count). The average Bonchev–Trinajstić information content (AvgIpc) is 3.31. The minimum Gasteiger partial charge on any atom is -0.455 e. The van der Waals surface area contributed by atoms with E-state index in [9.17, 15) is 14.5 Å². The molecule has 11 N–H and O–H groups in total. The van der Waals surface area contributed by atoms with E-state index in [0.29, 0.717) is 6.42 Å². The van der Waals surface area contributed by atoms with Crippen LogP contribution in [0.15, 0.2) is 17.6 Å². The zero-order valence-electron chi connectivity index (χ0n) is 17.7. The number of phosphoric ester groups is 1. The molecule has 3 heterocycles. The number of nitrogen functional groups attached to an aromatic ring is 1. The van der Waals surface area contributed by atoms with Crippen molar-refractivity contribution in [1.29, 1.82) is 0 Å². The number of imidazole rings is 1. The van der Waals surface area contributed by atoms with Crippen LogP contribution in [-0.4, -0.2) is 83.8 Å². The first kappa shape index (κ1) is 25.7. The van der Waals surface area contributed by atoms with Gasteiger partial charge in [0.25, 0.3) is 0 Å². The third kappa shape index (κ3) is 6.15. The van der Waals surface area contributed by atoms with Crippen LogP contribution in [0.1, 0.15) is 19.1 Å². The van der Waals surface area contributed by atoms with Gasteiger partial charge in [-0.3, -0.25) is 18.9 Å². The third-order valence-corrected chi connectivity index (χ3v) is 5.39. The van der Waals surface area contributed by atoms with Crippen LogP contribution < -0.4 is 22.9 Å². The Labute approximate surface area is 192 Å². The Balaban J connectivity index is 1.77. The number of nitrogens with two attached hydrogens (primary N) is 4. The standard InChI is InChI=1S/C16H26N9O8P/c17-7(2-1-3-21-16(19)20)15(27)33-11-8(4-31-34(28,29)30)32-14(10(11)26)25-6-24-9-12(18)22-5-23-13(9)25/h5-8,10-11,14,26H,1-4,17H2,(H2,18,22,23)(H4,19,20,21)(H2,28,29,30). The van der Waals surface area contributed by atoms with Gasteiger partial charge < -0.3 is 47.3 Å². The van der Waals surface area contributed by atoms with Gasteiger partial charge in [-0.25, -0.2) is 19.5 Å². The van der Waals surface area contributed by atoms with Crippen molar-refractivity contribution in [2.75, 3.05) is 18.9 Å². The van der Waals surface area contributed by atoms with Crippen molar-refractivity contribution in [2.45, 2.75) is 43.4 Å². The molecule has 0 radical (unpaired) electrons. The smallest absolute Gasteiger partial charge is 0.455 e. The van der Waals surface area contributed by atoms with Crippen LogP contribution >= 0.6 is 7.82 Å². The number of ether oxygens (including phenoxy) is 2. The number of hydrogen-bond acceptors (Lipinski definition) is 12. The van der Waals surface area contributed by atoms with Crippen molar-refractivity contribution in [3.8, 4) is 0 Å². The Kier molecular flexibility index (Phi) is 7.98. The van der Waals surface area contributed by atoms with E-state index in [-0.39, 0.29) is 35.9 Å². The Morgan fingerprint density at radius 1 is 1.32 bits per heavy atom. The molecule has 0 saturated carbocycles. The second-order valence-corrected chi connectivity index (χ2v) is 8.62. The highest BCUT2D eigenvalue weighted by Gasteiger charge is 2.48. The van der Waals surface area contributed by atoms with Crippen molar-refractivity contribution in [3.63, 3.8) is 0 Å². The molecule has 1 aliphatic rings. The summed E-state index contributed by atoms with van der Waals surface area (Å²) in [7, 11) is -4.89. The summed E-state index contributed by atoms with van der Waals surface area (Å²) in [6.07, 6.45) is -2.33. The van der Waals surface area contributed by atoms with E-state index in [4.69, 9.17) is 42.2 Å². The number of aliphatic hydroxyl groups excluding tert-OH is 1. The van der Waals surface area contributed by atoms with Crippen molar-refractivity contribution in [2.24, 2.45) is 22.2 Å². The van der Waals surface area contributed by atoms with Gasteiger partial charge in [-0.2, -0.15) is 0 Å². The van der Waals surface area contributed by atoms with Crippen molar-refractivity contribution in [3.05, 3.63) is 12.7 Å². The molecule has 0 amide bonds. The van der Waals surface area contributed by atoms with Crippen LogP contribution in [0, 0.1) is 0 Å². The number of carbonyl (C=O) groups excluding carboxylic acids is 1. The Morgan fingerprint density at radius 2 is 2.06 bits per heavy atom. The lowest BCUT2D eigenvalue weighted by Gasteiger charge is -2.22. The summed E-state index contributed by atoms with van der Waals surface area (Å²) >= 11 is 0. The number of guanidine groups is 1. The number of esters is 1. The van der Waals surface area contributed by atoms with Gasteiger partial charge in [0, 0.05) is 6.54 Å². The molecule has 0 aliphatic carbocycles. The van der Waals surface area contributed by atoms with Crippen LogP contribution in [-0.2, 0) is 23.4 Å². The number of phosphoric acid groups is 1. The Hall–Kier alpha value is -2.92. The van der Waals surface area contributed by atoms with Crippen LogP contribution in [0.3, 0.4) is 0 Å². The normalized spacial score (nSPS) is 23.6. The molecule has 18 heteroatoms. The monoisotopic (exact) mass is 503 g/mol. The van der Waals surface area contributed by atoms with Gasteiger partial charge in [-0.1, -0.05) is 0 Å². The molecule has 2 aromatic rings. The first-order chi connectivity index (χ1) is 16.0. The second-order valence-electron chi connectivity index (χ2n) is 7.38. The molecule has 0 spiro atoms. The van der Waals surface area contributed by atoms with Gasteiger partial charge in [0.15, 0.2) is 29.8 Å². The number of carbonyl (C=O) groups is 1. The van der Waals surface area contributed by atoms with Crippen molar-refractivity contribution < 1.29 is 38.3 Å². The van der Waals surface area contributed by atoms with Crippen LogP contribution in [0.4, 0.5) is 5.82 Å². The number of aliphatic hydroxyl groups is 1. The van der Waals surface area contributed by atoms with Crippen molar-refractivity contribution in [1.82, 2.24) is 19.5 Å². The summed E-state index contributed by atoms with van der Waals surface area (Å²) in [6.45, 7) is -0.447. The minimum absolute atomic E-state index is 0.0901. The minimum atomic E-state index is -4.89. The van der Waals surface area contributed by atoms with E-state index >= 15 is 0 Å². The summed E-state index contributed by atoms with van der Waals surface area (Å²) < 4.78 is 28.1. The van der Waals surface area contributed by atoms with Crippen LogP contribution in [0.25, 0.3) is 11.2 Å². The molecule has 17 nitrogen and oxygen atoms in total. The van der Waals surface area contributed by atoms with Crippen LogP contribution in [0.2, 0.25) is 0 Å². The van der Waals surface area contributed by atoms with E-state index in [1.54, 1.807) is 0 Å². The Morgan fingerprint density at radius 3 is 2.74 bits per heavy atom. The number of nitrogens with zero attached hydrogens (tertiary/aromatic N) is 5. The maximum Gasteiger partial charge on any atom is 0.469 e. The number of hydrogen-bond donors (Lipinski definition) is 7. The van der Waals surface area contributed by atoms with E-state index in [2.05, 4.69) is 24.5 Å². The quantitative estimate of drug-likeness (QED) is 0.0561. The van der Waals surface area contributed by atoms with Gasteiger partial charge in [0.1, 0.15) is 30.1 Å². The molecule has 0 aromatic carbocycles. The predicted molar refractivity (Wildman–Crippen MR) is 115 cm³/mol. The van der Waals surface area contributed by atoms with E-state index in [0.717, 1.165) is 0 Å². The fourth-order valence-electron chi connectivity index (χ4n) is 3.31. The Bertz CT molecular complexity index is 1090. The van der Waals surface area contributed by atoms with Gasteiger partial charge in [0.05, 0.1) is 12.9 Å². The zero-order valence-corrected chi connectivity index (χ0v) is 18.6. The SMILES string of the molecule is NC(N)=NCCCC(N)C(=O)OC1C(COP(=O)(O)O)OC(n2cnc3c(N)ncnc32)C1O. The molecule has 5 atom stereocenters. The second kappa shape index (κ2) is 10.6. The lowest BCUT2D eigenvalue weighted by Crippen LogP contribution is -2.43. The summed E-state index contributed by atoms with van der Waals surface area (Å²) in [5.41, 5.74) is 22.6. The molecule has 1 fully saturated rings. The van der Waals surface area contributed by atoms with Gasteiger partial charge >= 0.3 is 13.8 Å². The first-order valence-electron chi connectivity index (χ1n) is 9.96. The molecule has 34 heavy (non-hydrogen) atoms. The molecule has 1 aliphatic heterocycles. The molecular weight excluding hydrogens is 477 g/mol. The summed E-state index contributed by atoms with van der Waals surface area (Å²) in [6, 6.07) is -1.08. The molecule has 2 aromatic heterocycles. The van der Waals surface area contributed by atoms with Crippen LogP contribution in [0.5, 0.6) is 0 Å². The fourth-order valence-corrected chi connectivity index (χ4v) is 3.66. The molecular formula is C16H26N9O8P. The number of rotatable bonds is 10. The highest BCUT2D eigenvalue weighted by Crippen LogP contribution is 2.39. The van der Waals surface area contributed by atoms with E-state index in [1.807, 2.05) is 0 Å². The number of anilines is 1. The number of aromatic nitrogens is 4. The van der Waals surface area contributed by atoms with Gasteiger partial charge in [-0.05, 0) is 12.8 Å². The third-order valence-electron chi connectivity index (χ3n) is 4.90. The maximum absolute atomic E-state index is 12.5. The highest BCUT2D eigenvalue weighted by molar-refractivity contribution is 7.46. The van der Waals surface area contributed by atoms with Crippen molar-refractivity contribution >= 4 is 36.7 Å². The molecule has 5 unspecified atom stereocenters. The lowest BCUT2D eigenvalue weighted by atomic mass is 10.1. The topological polar surface area (TPSA) is 283 Å². The number of aliphatic imine (C=N–C) groups is 1. The zero-order chi connectivity index (χ0) is 25.0. The van der Waals surface area contributed by atoms with E-state index in [1.165, 1.54) is 17.2 Å². The molecule has 0 bridgehead atoms. The number of fused-ring (bicyclic) bond motifs is 1. The van der Waals surface area contributed by atoms with Gasteiger partial charge in [-0.15, -0.1) is 0 Å². The van der Waals surface area contributed by atoms with E-state index < -0.39 is 51.0 Å². The molecule has 1 saturated heterocycles. The fraction of sp³-hybridized carbons (Fsp3) is 0.562. The predicted octanol–water partition coefficient (Wildman–Crippen LogP) is -2.93. The highest BCUT2D eigenvalue weighted by atomic mass is 31.2. The summed E-state index contributed by atoms with van der Waals surface area (Å²) in [5.74, 6) is -0.881. The average molecular weight is 503 g/mol.